The fourth-order valence-electron chi connectivity index (χ4n) is 4.20. The number of para-hydroxylation sites is 1. The molecule has 0 spiro atoms. The summed E-state index contributed by atoms with van der Waals surface area (Å²) in [6, 6.07) is 11.3. The second kappa shape index (κ2) is 8.85. The Morgan fingerprint density at radius 1 is 1.09 bits per heavy atom. The number of nitrogens with one attached hydrogen (secondary N) is 2. The number of nitrogens with two attached hydrogens (primary N) is 1. The van der Waals surface area contributed by atoms with Crippen molar-refractivity contribution in [1.82, 2.24) is 0 Å². The van der Waals surface area contributed by atoms with Crippen LogP contribution in [0.25, 0.3) is 0 Å². The Morgan fingerprint density at radius 3 is 2.48 bits per heavy atom. The van der Waals surface area contributed by atoms with Crippen molar-refractivity contribution < 1.29 is 18.8 Å². The maximum absolute atomic E-state index is 14.3. The second-order valence-electron chi connectivity index (χ2n) is 8.02. The van der Waals surface area contributed by atoms with Crippen LogP contribution in [0, 0.1) is 18.2 Å². The smallest absolute Gasteiger partial charge is 0.275 e. The summed E-state index contributed by atoms with van der Waals surface area (Å²) in [5.41, 5.74) is 7.15. The maximum Gasteiger partial charge on any atom is 0.275 e. The number of carbonyl (C=O) groups is 3. The first-order valence-electron chi connectivity index (χ1n) is 10.6. The molecule has 9 heteroatoms. The van der Waals surface area contributed by atoms with Crippen LogP contribution in [0.15, 0.2) is 53.7 Å². The third-order valence-electron chi connectivity index (χ3n) is 5.88. The largest absolute Gasteiger partial charge is 0.364 e. The SMILES string of the molecule is Cc1cc(N2CCCC2=O)ccc1N1CCC(C(=N)C(N)=O)=C(Nc2ccccc2F)C1=O. The number of aryl methyl sites for hydroxylation is 1. The number of anilines is 3. The second-order valence-corrected chi connectivity index (χ2v) is 8.02. The Hall–Kier alpha value is -4.01. The summed E-state index contributed by atoms with van der Waals surface area (Å²) in [6.07, 6.45) is 1.53. The number of halogens is 1. The Morgan fingerprint density at radius 2 is 1.85 bits per heavy atom. The van der Waals surface area contributed by atoms with Crippen molar-refractivity contribution >= 4 is 40.5 Å². The van der Waals surface area contributed by atoms with Crippen LogP contribution >= 0.6 is 0 Å². The molecule has 0 radical (unpaired) electrons. The van der Waals surface area contributed by atoms with Crippen molar-refractivity contribution in [3.8, 4) is 0 Å². The topological polar surface area (TPSA) is 120 Å². The molecule has 2 aromatic carbocycles. The van der Waals surface area contributed by atoms with Crippen LogP contribution in [-0.2, 0) is 14.4 Å². The van der Waals surface area contributed by atoms with Gasteiger partial charge in [-0.15, -0.1) is 0 Å². The molecule has 0 aliphatic carbocycles. The number of benzene rings is 2. The average molecular weight is 449 g/mol. The monoisotopic (exact) mass is 449 g/mol. The third-order valence-corrected chi connectivity index (χ3v) is 5.88. The normalized spacial score (nSPS) is 16.4. The van der Waals surface area contributed by atoms with E-state index in [0.717, 1.165) is 17.7 Å². The first kappa shape index (κ1) is 22.2. The predicted octanol–water partition coefficient (Wildman–Crippen LogP) is 2.87. The average Bonchev–Trinajstić information content (AvgIpc) is 3.22. The van der Waals surface area contributed by atoms with Gasteiger partial charge < -0.3 is 20.9 Å². The molecule has 0 bridgehead atoms. The van der Waals surface area contributed by atoms with Crippen molar-refractivity contribution in [3.63, 3.8) is 0 Å². The van der Waals surface area contributed by atoms with Crippen LogP contribution in [0.5, 0.6) is 0 Å². The van der Waals surface area contributed by atoms with Crippen LogP contribution in [0.1, 0.15) is 24.8 Å². The molecule has 0 saturated carbocycles. The molecule has 4 rings (SSSR count). The maximum atomic E-state index is 14.3. The van der Waals surface area contributed by atoms with Gasteiger partial charge in [-0.3, -0.25) is 19.8 Å². The molecule has 3 amide bonds. The number of rotatable bonds is 6. The number of amides is 3. The summed E-state index contributed by atoms with van der Waals surface area (Å²) in [4.78, 5) is 40.5. The number of carbonyl (C=O) groups excluding carboxylic acids is 3. The number of hydrogen-bond acceptors (Lipinski definition) is 5. The zero-order valence-corrected chi connectivity index (χ0v) is 18.2. The highest BCUT2D eigenvalue weighted by molar-refractivity contribution is 6.44. The van der Waals surface area contributed by atoms with Crippen LogP contribution in [0.2, 0.25) is 0 Å². The molecule has 2 aliphatic rings. The minimum Gasteiger partial charge on any atom is -0.364 e. The van der Waals surface area contributed by atoms with Gasteiger partial charge in [0.15, 0.2) is 0 Å². The molecule has 8 nitrogen and oxygen atoms in total. The summed E-state index contributed by atoms with van der Waals surface area (Å²) >= 11 is 0. The minimum atomic E-state index is -0.963. The zero-order valence-electron chi connectivity index (χ0n) is 18.2. The van der Waals surface area contributed by atoms with Gasteiger partial charge in [-0.2, -0.15) is 0 Å². The minimum absolute atomic E-state index is 0.0529. The van der Waals surface area contributed by atoms with Crippen molar-refractivity contribution in [2.75, 3.05) is 28.2 Å². The molecule has 33 heavy (non-hydrogen) atoms. The molecule has 1 saturated heterocycles. The molecule has 0 aromatic heterocycles. The van der Waals surface area contributed by atoms with E-state index in [0.29, 0.717) is 18.7 Å². The Balaban J connectivity index is 1.70. The fourth-order valence-corrected chi connectivity index (χ4v) is 4.20. The van der Waals surface area contributed by atoms with Crippen LogP contribution < -0.4 is 20.9 Å². The molecule has 0 atom stereocenters. The third kappa shape index (κ3) is 4.21. The summed E-state index contributed by atoms with van der Waals surface area (Å²) in [7, 11) is 0. The fraction of sp³-hybridized carbons (Fsp3) is 0.250. The van der Waals surface area contributed by atoms with E-state index >= 15 is 0 Å². The molecular formula is C24H24FN5O3. The Bertz CT molecular complexity index is 1210. The zero-order chi connectivity index (χ0) is 23.7. The lowest BCUT2D eigenvalue weighted by atomic mass is 9.97. The Labute approximate surface area is 190 Å². The lowest BCUT2D eigenvalue weighted by Crippen LogP contribution is -2.42. The molecule has 2 aliphatic heterocycles. The van der Waals surface area contributed by atoms with E-state index in [1.165, 1.54) is 23.1 Å². The van der Waals surface area contributed by atoms with E-state index in [4.69, 9.17) is 11.1 Å². The van der Waals surface area contributed by atoms with Crippen LogP contribution in [0.4, 0.5) is 21.5 Å². The summed E-state index contributed by atoms with van der Waals surface area (Å²) in [5, 5.41) is 10.8. The number of nitrogens with zero attached hydrogens (tertiary/aromatic N) is 2. The number of hydrogen-bond donors (Lipinski definition) is 3. The van der Waals surface area contributed by atoms with Gasteiger partial charge in [-0.1, -0.05) is 12.1 Å². The Kier molecular flexibility index (Phi) is 5.95. The quantitative estimate of drug-likeness (QED) is 0.588. The van der Waals surface area contributed by atoms with Gasteiger partial charge in [0.2, 0.25) is 5.91 Å². The van der Waals surface area contributed by atoms with Gasteiger partial charge in [-0.05, 0) is 55.7 Å². The van der Waals surface area contributed by atoms with Gasteiger partial charge in [-0.25, -0.2) is 4.39 Å². The van der Waals surface area contributed by atoms with E-state index in [1.54, 1.807) is 23.1 Å². The van der Waals surface area contributed by atoms with E-state index < -0.39 is 23.3 Å². The highest BCUT2D eigenvalue weighted by Crippen LogP contribution is 2.32. The summed E-state index contributed by atoms with van der Waals surface area (Å²) in [5.74, 6) is -1.96. The van der Waals surface area contributed by atoms with E-state index in [9.17, 15) is 18.8 Å². The number of primary amides is 1. The molecule has 4 N–H and O–H groups in total. The summed E-state index contributed by atoms with van der Waals surface area (Å²) < 4.78 is 14.3. The van der Waals surface area contributed by atoms with E-state index in [2.05, 4.69) is 5.32 Å². The molecule has 0 unspecified atom stereocenters. The lowest BCUT2D eigenvalue weighted by Gasteiger charge is -2.32. The molecule has 2 aromatic rings. The lowest BCUT2D eigenvalue weighted by molar-refractivity contribution is -0.117. The van der Waals surface area contributed by atoms with Gasteiger partial charge in [0.1, 0.15) is 17.2 Å². The molecule has 1 fully saturated rings. The van der Waals surface area contributed by atoms with Gasteiger partial charge >= 0.3 is 0 Å². The van der Waals surface area contributed by atoms with Gasteiger partial charge in [0, 0.05) is 36.5 Å². The van der Waals surface area contributed by atoms with Crippen LogP contribution in [-0.4, -0.2) is 36.5 Å². The van der Waals surface area contributed by atoms with E-state index in [-0.39, 0.29) is 35.8 Å². The summed E-state index contributed by atoms with van der Waals surface area (Å²) in [6.45, 7) is 2.73. The van der Waals surface area contributed by atoms with Crippen LogP contribution in [0.3, 0.4) is 0 Å². The molecule has 170 valence electrons. The first-order valence-corrected chi connectivity index (χ1v) is 10.6. The molecule has 2 heterocycles. The first-order chi connectivity index (χ1) is 15.8. The van der Waals surface area contributed by atoms with Crippen molar-refractivity contribution in [3.05, 3.63) is 65.1 Å². The standard InChI is InChI=1S/C24H24FN5O3/c1-14-13-15(29-11-4-7-20(29)31)8-9-19(14)30-12-10-16(21(26)23(27)32)22(24(30)33)28-18-6-3-2-5-17(18)25/h2-3,5-6,8-9,13,26,28H,4,7,10-12H2,1H3,(H2,27,32). The van der Waals surface area contributed by atoms with Crippen molar-refractivity contribution in [2.45, 2.75) is 26.2 Å². The predicted molar refractivity (Wildman–Crippen MR) is 124 cm³/mol. The van der Waals surface area contributed by atoms with Gasteiger partial charge in [0.25, 0.3) is 11.8 Å². The highest BCUT2D eigenvalue weighted by atomic mass is 19.1. The molecular weight excluding hydrogens is 425 g/mol. The van der Waals surface area contributed by atoms with E-state index in [1.807, 2.05) is 13.0 Å². The van der Waals surface area contributed by atoms with Crippen molar-refractivity contribution in [1.29, 1.82) is 5.41 Å². The van der Waals surface area contributed by atoms with Gasteiger partial charge in [0.05, 0.1) is 5.69 Å². The van der Waals surface area contributed by atoms with Crippen molar-refractivity contribution in [2.24, 2.45) is 5.73 Å². The highest BCUT2D eigenvalue weighted by Gasteiger charge is 2.33.